The van der Waals surface area contributed by atoms with Gasteiger partial charge in [0.15, 0.2) is 0 Å². The minimum Gasteiger partial charge on any atom is -0.488 e. The second-order valence-corrected chi connectivity index (χ2v) is 11.4. The van der Waals surface area contributed by atoms with Gasteiger partial charge in [-0.15, -0.1) is 0 Å². The fraction of sp³-hybridized carbons (Fsp3) is 0.423. The second-order valence-electron chi connectivity index (χ2n) is 9.47. The average molecular weight is 516 g/mol. The van der Waals surface area contributed by atoms with Gasteiger partial charge in [-0.1, -0.05) is 43.8 Å². The SMILES string of the molecule is C=C(COC(c1ccc(C)c(CN2C[C@@H](CC)Oc3ccccc3S2(=O)=O)c1)C(C)(C)C(=O)O)N=N. The molecule has 0 bridgehead atoms. The summed E-state index contributed by atoms with van der Waals surface area (Å²) in [6, 6.07) is 12.0. The molecule has 2 N–H and O–H groups in total. The summed E-state index contributed by atoms with van der Waals surface area (Å²) >= 11 is 0. The van der Waals surface area contributed by atoms with Crippen LogP contribution < -0.4 is 4.74 Å². The molecule has 0 saturated heterocycles. The highest BCUT2D eigenvalue weighted by Crippen LogP contribution is 2.39. The molecule has 0 aromatic heterocycles. The van der Waals surface area contributed by atoms with Crippen molar-refractivity contribution in [2.45, 2.75) is 57.8 Å². The van der Waals surface area contributed by atoms with Gasteiger partial charge in [0.25, 0.3) is 0 Å². The smallest absolute Gasteiger partial charge is 0.312 e. The van der Waals surface area contributed by atoms with E-state index >= 15 is 0 Å². The van der Waals surface area contributed by atoms with E-state index in [1.54, 1.807) is 50.2 Å². The predicted octanol–water partition coefficient (Wildman–Crippen LogP) is 5.07. The number of nitrogens with zero attached hydrogens (tertiary/aromatic N) is 2. The first kappa shape index (κ1) is 27.5. The van der Waals surface area contributed by atoms with Crippen LogP contribution in [0.4, 0.5) is 0 Å². The maximum absolute atomic E-state index is 13.6. The summed E-state index contributed by atoms with van der Waals surface area (Å²) in [5.74, 6) is -0.716. The van der Waals surface area contributed by atoms with Crippen LogP contribution >= 0.6 is 0 Å². The number of sulfonamides is 1. The van der Waals surface area contributed by atoms with Crippen molar-refractivity contribution in [3.05, 3.63) is 71.4 Å². The zero-order valence-corrected chi connectivity index (χ0v) is 21.8. The van der Waals surface area contributed by atoms with Crippen molar-refractivity contribution in [1.82, 2.24) is 4.31 Å². The maximum atomic E-state index is 13.6. The lowest BCUT2D eigenvalue weighted by atomic mass is 9.81. The van der Waals surface area contributed by atoms with Crippen LogP contribution in [0.3, 0.4) is 0 Å². The third kappa shape index (κ3) is 5.66. The van der Waals surface area contributed by atoms with E-state index in [0.717, 1.165) is 11.1 Å². The highest BCUT2D eigenvalue weighted by atomic mass is 32.2. The Morgan fingerprint density at radius 1 is 1.33 bits per heavy atom. The summed E-state index contributed by atoms with van der Waals surface area (Å²) < 4.78 is 40.5. The van der Waals surface area contributed by atoms with Gasteiger partial charge in [-0.2, -0.15) is 9.42 Å². The van der Waals surface area contributed by atoms with Crippen LogP contribution in [0.2, 0.25) is 0 Å². The number of carbonyl (C=O) groups is 1. The standard InChI is InChI=1S/C26H33N3O6S/c1-6-21-15-29(36(32,33)23-10-8-7-9-22(23)35-21)14-20-13-19(12-11-17(20)2)24(26(4,5)25(30)31)34-16-18(3)28-27/h7-13,21,24,27H,3,6,14-16H2,1-2,4-5H3,(H,30,31)/t21-,24?/m1/s1. The van der Waals surface area contributed by atoms with Crippen LogP contribution in [-0.2, 0) is 26.1 Å². The van der Waals surface area contributed by atoms with Gasteiger partial charge in [0, 0.05) is 6.54 Å². The molecular weight excluding hydrogens is 482 g/mol. The largest absolute Gasteiger partial charge is 0.488 e. The molecule has 1 heterocycles. The van der Waals surface area contributed by atoms with E-state index in [4.69, 9.17) is 15.0 Å². The number of nitrogens with one attached hydrogen (secondary N) is 1. The predicted molar refractivity (Wildman–Crippen MR) is 134 cm³/mol. The summed E-state index contributed by atoms with van der Waals surface area (Å²) in [4.78, 5) is 12.2. The Labute approximate surface area is 212 Å². The molecule has 194 valence electrons. The first-order chi connectivity index (χ1) is 16.9. The van der Waals surface area contributed by atoms with Gasteiger partial charge >= 0.3 is 5.97 Å². The van der Waals surface area contributed by atoms with Crippen molar-refractivity contribution >= 4 is 16.0 Å². The quantitative estimate of drug-likeness (QED) is 0.425. The van der Waals surface area contributed by atoms with Crippen molar-refractivity contribution in [2.75, 3.05) is 13.2 Å². The molecule has 3 rings (SSSR count). The van der Waals surface area contributed by atoms with Gasteiger partial charge in [-0.25, -0.2) is 13.9 Å². The lowest BCUT2D eigenvalue weighted by molar-refractivity contribution is -0.156. The number of rotatable bonds is 10. The molecule has 9 nitrogen and oxygen atoms in total. The average Bonchev–Trinajstić information content (AvgIpc) is 2.94. The number of aryl methyl sites for hydroxylation is 1. The maximum Gasteiger partial charge on any atom is 0.312 e. The molecule has 0 radical (unpaired) electrons. The Balaban J connectivity index is 2.02. The fourth-order valence-electron chi connectivity index (χ4n) is 4.06. The molecule has 1 aliphatic heterocycles. The van der Waals surface area contributed by atoms with E-state index in [1.807, 2.05) is 19.9 Å². The monoisotopic (exact) mass is 515 g/mol. The Kier molecular flexibility index (Phi) is 8.33. The third-order valence-corrected chi connectivity index (χ3v) is 8.28. The van der Waals surface area contributed by atoms with E-state index < -0.39 is 27.5 Å². The van der Waals surface area contributed by atoms with Crippen molar-refractivity contribution < 1.29 is 27.8 Å². The molecule has 0 spiro atoms. The van der Waals surface area contributed by atoms with Gasteiger partial charge in [0.1, 0.15) is 16.7 Å². The van der Waals surface area contributed by atoms with Gasteiger partial charge in [-0.05, 0) is 56.0 Å². The van der Waals surface area contributed by atoms with Crippen molar-refractivity contribution in [2.24, 2.45) is 10.5 Å². The number of para-hydroxylation sites is 1. The van der Waals surface area contributed by atoms with E-state index in [-0.39, 0.29) is 36.4 Å². The van der Waals surface area contributed by atoms with Gasteiger partial charge in [0.2, 0.25) is 10.0 Å². The van der Waals surface area contributed by atoms with Crippen LogP contribution in [0.5, 0.6) is 5.75 Å². The fourth-order valence-corrected chi connectivity index (χ4v) is 5.63. The molecular formula is C26H33N3O6S. The molecule has 1 unspecified atom stereocenters. The first-order valence-electron chi connectivity index (χ1n) is 11.7. The Hall–Kier alpha value is -3.08. The molecule has 2 atom stereocenters. The summed E-state index contributed by atoms with van der Waals surface area (Å²) in [7, 11) is -3.84. The number of benzene rings is 2. The van der Waals surface area contributed by atoms with Crippen molar-refractivity contribution in [1.29, 1.82) is 5.53 Å². The van der Waals surface area contributed by atoms with Crippen LogP contribution in [0.1, 0.15) is 50.0 Å². The number of aliphatic carboxylic acids is 1. The summed E-state index contributed by atoms with van der Waals surface area (Å²) in [5, 5.41) is 13.1. The minimum absolute atomic E-state index is 0.0885. The number of carboxylic acids is 1. The van der Waals surface area contributed by atoms with Gasteiger partial charge in [0.05, 0.1) is 30.4 Å². The Morgan fingerprint density at radius 3 is 2.67 bits per heavy atom. The molecule has 0 saturated carbocycles. The molecule has 0 aliphatic carbocycles. The highest BCUT2D eigenvalue weighted by molar-refractivity contribution is 7.89. The number of hydrogen-bond donors (Lipinski definition) is 2. The molecule has 2 aromatic carbocycles. The minimum atomic E-state index is -3.84. The topological polar surface area (TPSA) is 129 Å². The van der Waals surface area contributed by atoms with E-state index in [9.17, 15) is 18.3 Å². The second kappa shape index (κ2) is 10.9. The number of ether oxygens (including phenoxy) is 2. The molecule has 0 fully saturated rings. The summed E-state index contributed by atoms with van der Waals surface area (Å²) in [5.41, 5.74) is 8.11. The molecule has 10 heteroatoms. The van der Waals surface area contributed by atoms with Crippen molar-refractivity contribution in [3.63, 3.8) is 0 Å². The van der Waals surface area contributed by atoms with Gasteiger partial charge in [-0.3, -0.25) is 4.79 Å². The molecule has 36 heavy (non-hydrogen) atoms. The molecule has 0 amide bonds. The summed E-state index contributed by atoms with van der Waals surface area (Å²) in [6.07, 6.45) is -0.567. The van der Waals surface area contributed by atoms with E-state index in [0.29, 0.717) is 17.7 Å². The van der Waals surface area contributed by atoms with Crippen LogP contribution in [0, 0.1) is 17.9 Å². The lowest BCUT2D eigenvalue weighted by Crippen LogP contribution is -2.37. The van der Waals surface area contributed by atoms with Crippen LogP contribution in [0.15, 0.2) is 64.8 Å². The van der Waals surface area contributed by atoms with E-state index in [2.05, 4.69) is 11.7 Å². The number of hydrogen-bond acceptors (Lipinski definition) is 7. The molecule has 2 aromatic rings. The highest BCUT2D eigenvalue weighted by Gasteiger charge is 2.40. The lowest BCUT2D eigenvalue weighted by Gasteiger charge is -2.31. The van der Waals surface area contributed by atoms with E-state index in [1.165, 1.54) is 4.31 Å². The number of fused-ring (bicyclic) bond motifs is 1. The summed E-state index contributed by atoms with van der Waals surface area (Å²) in [6.45, 7) is 10.7. The van der Waals surface area contributed by atoms with Gasteiger partial charge < -0.3 is 14.6 Å². The Bertz CT molecular complexity index is 1260. The molecule has 1 aliphatic rings. The first-order valence-corrected chi connectivity index (χ1v) is 13.1. The Morgan fingerprint density at radius 2 is 2.03 bits per heavy atom. The normalized spacial score (nSPS) is 18.4. The van der Waals surface area contributed by atoms with Crippen molar-refractivity contribution in [3.8, 4) is 5.75 Å². The zero-order valence-electron chi connectivity index (χ0n) is 21.0. The zero-order chi connectivity index (χ0) is 26.7. The third-order valence-electron chi connectivity index (χ3n) is 6.43. The van der Waals surface area contributed by atoms with Crippen LogP contribution in [-0.4, -0.2) is 43.1 Å². The van der Waals surface area contributed by atoms with Crippen LogP contribution in [0.25, 0.3) is 0 Å². The number of carboxylic acid groups (broad SMARTS) is 1.